The fourth-order valence-corrected chi connectivity index (χ4v) is 1.13. The summed E-state index contributed by atoms with van der Waals surface area (Å²) in [5, 5.41) is 17.0. The molecule has 4 nitrogen and oxygen atoms in total. The lowest BCUT2D eigenvalue weighted by molar-refractivity contribution is 0.187. The molecule has 0 aliphatic carbocycles. The molecule has 1 heterocycles. The third-order valence-electron chi connectivity index (χ3n) is 2.05. The summed E-state index contributed by atoms with van der Waals surface area (Å²) in [5.41, 5.74) is 1.10. The first kappa shape index (κ1) is 10.9. The van der Waals surface area contributed by atoms with E-state index in [0.29, 0.717) is 0 Å². The van der Waals surface area contributed by atoms with E-state index < -0.39 is 0 Å². The van der Waals surface area contributed by atoms with Crippen LogP contribution in [0.4, 0.5) is 5.82 Å². The topological polar surface area (TPSA) is 49.2 Å². The van der Waals surface area contributed by atoms with Crippen molar-refractivity contribution in [1.82, 2.24) is 10.2 Å². The summed E-state index contributed by atoms with van der Waals surface area (Å²) in [7, 11) is 1.95. The summed E-state index contributed by atoms with van der Waals surface area (Å²) in [4.78, 5) is 1.99. The molecule has 1 aromatic heterocycles. The summed E-state index contributed by atoms with van der Waals surface area (Å²) in [6.07, 6.45) is 2.20. The average Bonchev–Trinajstić information content (AvgIpc) is 2.14. The maximum atomic E-state index is 9.14. The van der Waals surface area contributed by atoms with E-state index in [1.54, 1.807) is 13.1 Å². The molecule has 1 atom stereocenters. The number of hydrogen-bond donors (Lipinski definition) is 1. The van der Waals surface area contributed by atoms with E-state index in [2.05, 4.69) is 10.2 Å². The smallest absolute Gasteiger partial charge is 0.151 e. The number of anilines is 1. The van der Waals surface area contributed by atoms with Crippen molar-refractivity contribution in [2.24, 2.45) is 0 Å². The molecule has 14 heavy (non-hydrogen) atoms. The van der Waals surface area contributed by atoms with Gasteiger partial charge in [-0.05, 0) is 31.9 Å². The van der Waals surface area contributed by atoms with Gasteiger partial charge in [-0.2, -0.15) is 5.10 Å². The standard InChI is InChI=1S/C10H17N3O/c1-8-6-10(12-11-7-8)13(3)5-4-9(2)14/h6-7,9,14H,4-5H2,1-3H3. The Labute approximate surface area is 84.6 Å². The molecule has 0 bridgehead atoms. The van der Waals surface area contributed by atoms with Crippen LogP contribution in [0, 0.1) is 6.92 Å². The first-order chi connectivity index (χ1) is 6.59. The molecule has 0 fully saturated rings. The minimum Gasteiger partial charge on any atom is -0.393 e. The van der Waals surface area contributed by atoms with Gasteiger partial charge in [-0.3, -0.25) is 0 Å². The Balaban J connectivity index is 2.56. The summed E-state index contributed by atoms with van der Waals surface area (Å²) < 4.78 is 0. The number of rotatable bonds is 4. The zero-order valence-electron chi connectivity index (χ0n) is 8.94. The van der Waals surface area contributed by atoms with Gasteiger partial charge in [0.25, 0.3) is 0 Å². The molecule has 1 aromatic rings. The molecule has 0 spiro atoms. The molecule has 4 heteroatoms. The van der Waals surface area contributed by atoms with Gasteiger partial charge in [0.05, 0.1) is 12.3 Å². The first-order valence-corrected chi connectivity index (χ1v) is 4.78. The van der Waals surface area contributed by atoms with Crippen molar-refractivity contribution < 1.29 is 5.11 Å². The molecule has 0 amide bonds. The lowest BCUT2D eigenvalue weighted by Crippen LogP contribution is -2.23. The summed E-state index contributed by atoms with van der Waals surface area (Å²) in [6, 6.07) is 1.98. The van der Waals surface area contributed by atoms with Gasteiger partial charge in [0.2, 0.25) is 0 Å². The van der Waals surface area contributed by atoms with Gasteiger partial charge in [-0.15, -0.1) is 5.10 Å². The Bertz CT molecular complexity index is 288. The van der Waals surface area contributed by atoms with Crippen LogP contribution in [0.1, 0.15) is 18.9 Å². The highest BCUT2D eigenvalue weighted by atomic mass is 16.3. The number of aromatic nitrogens is 2. The van der Waals surface area contributed by atoms with E-state index in [1.807, 2.05) is 24.9 Å². The Hall–Kier alpha value is -1.16. The Morgan fingerprint density at radius 1 is 1.57 bits per heavy atom. The van der Waals surface area contributed by atoms with Crippen LogP contribution in [-0.4, -0.2) is 35.0 Å². The number of nitrogens with zero attached hydrogens (tertiary/aromatic N) is 3. The van der Waals surface area contributed by atoms with E-state index >= 15 is 0 Å². The second-order valence-corrected chi connectivity index (χ2v) is 3.65. The van der Waals surface area contributed by atoms with Crippen molar-refractivity contribution in [3.8, 4) is 0 Å². The molecule has 0 saturated heterocycles. The summed E-state index contributed by atoms with van der Waals surface area (Å²) >= 11 is 0. The number of aryl methyl sites for hydroxylation is 1. The van der Waals surface area contributed by atoms with E-state index in [9.17, 15) is 0 Å². The average molecular weight is 195 g/mol. The minimum absolute atomic E-state index is 0.268. The van der Waals surface area contributed by atoms with Gasteiger partial charge in [0.1, 0.15) is 0 Å². The second kappa shape index (κ2) is 4.91. The number of aliphatic hydroxyl groups is 1. The molecule has 0 saturated carbocycles. The molecule has 0 aliphatic rings. The summed E-state index contributed by atoms with van der Waals surface area (Å²) in [5.74, 6) is 0.852. The Kier molecular flexibility index (Phi) is 3.83. The molecule has 0 aromatic carbocycles. The molecule has 0 radical (unpaired) electrons. The van der Waals surface area contributed by atoms with E-state index in [-0.39, 0.29) is 6.10 Å². The van der Waals surface area contributed by atoms with Gasteiger partial charge in [-0.1, -0.05) is 0 Å². The zero-order valence-corrected chi connectivity index (χ0v) is 8.94. The monoisotopic (exact) mass is 195 g/mol. The normalized spacial score (nSPS) is 12.6. The zero-order chi connectivity index (χ0) is 10.6. The maximum Gasteiger partial charge on any atom is 0.151 e. The predicted molar refractivity (Wildman–Crippen MR) is 56.3 cm³/mol. The first-order valence-electron chi connectivity index (χ1n) is 4.78. The number of aliphatic hydroxyl groups excluding tert-OH is 1. The number of hydrogen-bond acceptors (Lipinski definition) is 4. The molecular weight excluding hydrogens is 178 g/mol. The predicted octanol–water partition coefficient (Wildman–Crippen LogP) is 0.992. The third kappa shape index (κ3) is 3.30. The highest BCUT2D eigenvalue weighted by Crippen LogP contribution is 2.09. The van der Waals surface area contributed by atoms with Crippen molar-refractivity contribution in [2.45, 2.75) is 26.4 Å². The highest BCUT2D eigenvalue weighted by molar-refractivity contribution is 5.37. The quantitative estimate of drug-likeness (QED) is 0.778. The van der Waals surface area contributed by atoms with E-state index in [1.165, 1.54) is 0 Å². The molecular formula is C10H17N3O. The van der Waals surface area contributed by atoms with Gasteiger partial charge in [-0.25, -0.2) is 0 Å². The van der Waals surface area contributed by atoms with Gasteiger partial charge in [0, 0.05) is 13.6 Å². The van der Waals surface area contributed by atoms with E-state index in [0.717, 1.165) is 24.3 Å². The van der Waals surface area contributed by atoms with Crippen LogP contribution in [0.3, 0.4) is 0 Å². The second-order valence-electron chi connectivity index (χ2n) is 3.65. The fraction of sp³-hybridized carbons (Fsp3) is 0.600. The largest absolute Gasteiger partial charge is 0.393 e. The van der Waals surface area contributed by atoms with E-state index in [4.69, 9.17) is 5.11 Å². The fourth-order valence-electron chi connectivity index (χ4n) is 1.13. The van der Waals surface area contributed by atoms with Crippen molar-refractivity contribution in [2.75, 3.05) is 18.5 Å². The summed E-state index contributed by atoms with van der Waals surface area (Å²) in [6.45, 7) is 4.56. The van der Waals surface area contributed by atoms with Crippen LogP contribution < -0.4 is 4.90 Å². The van der Waals surface area contributed by atoms with Crippen LogP contribution in [0.15, 0.2) is 12.3 Å². The third-order valence-corrected chi connectivity index (χ3v) is 2.05. The lowest BCUT2D eigenvalue weighted by atomic mass is 10.2. The molecule has 1 rings (SSSR count). The highest BCUT2D eigenvalue weighted by Gasteiger charge is 2.04. The lowest BCUT2D eigenvalue weighted by Gasteiger charge is -2.18. The molecule has 1 unspecified atom stereocenters. The van der Waals surface area contributed by atoms with Gasteiger partial charge in [0.15, 0.2) is 5.82 Å². The Morgan fingerprint density at radius 3 is 2.86 bits per heavy atom. The van der Waals surface area contributed by atoms with Crippen molar-refractivity contribution >= 4 is 5.82 Å². The van der Waals surface area contributed by atoms with Gasteiger partial charge < -0.3 is 10.0 Å². The van der Waals surface area contributed by atoms with Crippen molar-refractivity contribution in [3.05, 3.63) is 17.8 Å². The van der Waals surface area contributed by atoms with Crippen LogP contribution in [0.25, 0.3) is 0 Å². The van der Waals surface area contributed by atoms with Crippen LogP contribution in [0.2, 0.25) is 0 Å². The van der Waals surface area contributed by atoms with Crippen molar-refractivity contribution in [1.29, 1.82) is 0 Å². The minimum atomic E-state index is -0.268. The van der Waals surface area contributed by atoms with Crippen LogP contribution in [0.5, 0.6) is 0 Å². The van der Waals surface area contributed by atoms with Gasteiger partial charge >= 0.3 is 0 Å². The SMILES string of the molecule is Cc1cnnc(N(C)CCC(C)O)c1. The van der Waals surface area contributed by atoms with Crippen LogP contribution >= 0.6 is 0 Å². The molecule has 78 valence electrons. The van der Waals surface area contributed by atoms with Crippen molar-refractivity contribution in [3.63, 3.8) is 0 Å². The maximum absolute atomic E-state index is 9.14. The van der Waals surface area contributed by atoms with Crippen LogP contribution in [-0.2, 0) is 0 Å². The Morgan fingerprint density at radius 2 is 2.29 bits per heavy atom. The molecule has 1 N–H and O–H groups in total. The molecule has 0 aliphatic heterocycles.